The molecule has 0 bridgehead atoms. The van der Waals surface area contributed by atoms with Crippen molar-refractivity contribution in [2.24, 2.45) is 7.05 Å². The van der Waals surface area contributed by atoms with Gasteiger partial charge in [0.2, 0.25) is 0 Å². The van der Waals surface area contributed by atoms with Gasteiger partial charge in [-0.25, -0.2) is 0 Å². The molecule has 2 rings (SSSR count). The Morgan fingerprint density at radius 3 is 2.71 bits per heavy atom. The zero-order chi connectivity index (χ0) is 12.6. The van der Waals surface area contributed by atoms with E-state index in [1.165, 1.54) is 10.6 Å². The Kier molecular flexibility index (Phi) is 2.71. The van der Waals surface area contributed by atoms with Crippen molar-refractivity contribution in [3.8, 4) is 0 Å². The molecule has 0 aliphatic carbocycles. The number of hydrogen-bond donors (Lipinski definition) is 1. The van der Waals surface area contributed by atoms with Gasteiger partial charge in [0.15, 0.2) is 0 Å². The first-order valence-electron chi connectivity index (χ1n) is 5.30. The van der Waals surface area contributed by atoms with Crippen LogP contribution >= 0.6 is 0 Å². The molecule has 4 nitrogen and oxygen atoms in total. The third-order valence-corrected chi connectivity index (χ3v) is 2.83. The summed E-state index contributed by atoms with van der Waals surface area (Å²) in [7, 11) is 1.69. The van der Waals surface area contributed by atoms with Gasteiger partial charge in [-0.2, -0.15) is 0 Å². The smallest absolute Gasteiger partial charge is 0.307 e. The maximum atomic E-state index is 11.7. The van der Waals surface area contributed by atoms with Crippen molar-refractivity contribution < 1.29 is 9.90 Å². The number of fused-ring (bicyclic) bond motifs is 1. The van der Waals surface area contributed by atoms with Gasteiger partial charge in [-0.15, -0.1) is 0 Å². The van der Waals surface area contributed by atoms with Crippen LogP contribution in [0.1, 0.15) is 11.1 Å². The molecule has 0 saturated carbocycles. The molecule has 1 aromatic carbocycles. The minimum atomic E-state index is -0.930. The molecule has 0 aliphatic rings. The summed E-state index contributed by atoms with van der Waals surface area (Å²) in [5.74, 6) is -0.930. The molecule has 0 aliphatic heterocycles. The number of benzene rings is 1. The summed E-state index contributed by atoms with van der Waals surface area (Å²) in [5.41, 5.74) is 2.19. The Morgan fingerprint density at radius 1 is 1.35 bits per heavy atom. The third-order valence-electron chi connectivity index (χ3n) is 2.83. The molecule has 4 heteroatoms. The highest BCUT2D eigenvalue weighted by Gasteiger charge is 2.09. The average molecular weight is 231 g/mol. The highest BCUT2D eigenvalue weighted by molar-refractivity contribution is 5.86. The Labute approximate surface area is 98.1 Å². The lowest BCUT2D eigenvalue weighted by Crippen LogP contribution is -2.18. The lowest BCUT2D eigenvalue weighted by atomic mass is 10.0. The number of rotatable bonds is 2. The van der Waals surface area contributed by atoms with Crippen molar-refractivity contribution >= 4 is 16.9 Å². The topological polar surface area (TPSA) is 59.3 Å². The van der Waals surface area contributed by atoms with Crippen LogP contribution in [-0.4, -0.2) is 15.6 Å². The SMILES string of the molecule is Cc1ccc2c(c1)c(CC(=O)O)cc(=O)n2C. The summed E-state index contributed by atoms with van der Waals surface area (Å²) < 4.78 is 1.53. The number of hydrogen-bond acceptors (Lipinski definition) is 2. The van der Waals surface area contributed by atoms with E-state index in [0.29, 0.717) is 5.56 Å². The van der Waals surface area contributed by atoms with Crippen molar-refractivity contribution in [1.29, 1.82) is 0 Å². The Balaban J connectivity index is 2.82. The van der Waals surface area contributed by atoms with Gasteiger partial charge in [0.25, 0.3) is 5.56 Å². The lowest BCUT2D eigenvalue weighted by molar-refractivity contribution is -0.136. The van der Waals surface area contributed by atoms with E-state index in [1.807, 2.05) is 25.1 Å². The summed E-state index contributed by atoms with van der Waals surface area (Å²) in [5, 5.41) is 9.68. The first-order valence-corrected chi connectivity index (χ1v) is 5.30. The van der Waals surface area contributed by atoms with Crippen molar-refractivity contribution in [3.05, 3.63) is 45.7 Å². The van der Waals surface area contributed by atoms with Crippen LogP contribution in [0.3, 0.4) is 0 Å². The number of aryl methyl sites for hydroxylation is 2. The van der Waals surface area contributed by atoms with Gasteiger partial charge in [-0.3, -0.25) is 9.59 Å². The fraction of sp³-hybridized carbons (Fsp3) is 0.231. The number of aliphatic carboxylic acids is 1. The van der Waals surface area contributed by atoms with Crippen molar-refractivity contribution in [2.75, 3.05) is 0 Å². The molecular formula is C13H13NO3. The van der Waals surface area contributed by atoms with Crippen LogP contribution in [-0.2, 0) is 18.3 Å². The van der Waals surface area contributed by atoms with E-state index in [1.54, 1.807) is 7.05 Å². The number of nitrogens with zero attached hydrogens (tertiary/aromatic N) is 1. The monoisotopic (exact) mass is 231 g/mol. The summed E-state index contributed by atoms with van der Waals surface area (Å²) >= 11 is 0. The fourth-order valence-corrected chi connectivity index (χ4v) is 1.95. The predicted octanol–water partition coefficient (Wildman–Crippen LogP) is 1.47. The maximum Gasteiger partial charge on any atom is 0.307 e. The molecule has 1 N–H and O–H groups in total. The normalized spacial score (nSPS) is 10.7. The van der Waals surface area contributed by atoms with Crippen molar-refractivity contribution in [2.45, 2.75) is 13.3 Å². The predicted molar refractivity (Wildman–Crippen MR) is 65.3 cm³/mol. The van der Waals surface area contributed by atoms with Crippen LogP contribution in [0.5, 0.6) is 0 Å². The Morgan fingerprint density at radius 2 is 2.06 bits per heavy atom. The van der Waals surface area contributed by atoms with Gasteiger partial charge in [-0.1, -0.05) is 11.6 Å². The molecule has 0 spiro atoms. The van der Waals surface area contributed by atoms with Crippen LogP contribution < -0.4 is 5.56 Å². The number of carbonyl (C=O) groups is 1. The van der Waals surface area contributed by atoms with Crippen LogP contribution in [0.2, 0.25) is 0 Å². The lowest BCUT2D eigenvalue weighted by Gasteiger charge is -2.09. The second-order valence-electron chi connectivity index (χ2n) is 4.16. The van der Waals surface area contributed by atoms with E-state index in [4.69, 9.17) is 5.11 Å². The van der Waals surface area contributed by atoms with Crippen LogP contribution in [0.15, 0.2) is 29.1 Å². The molecule has 1 aromatic heterocycles. The first kappa shape index (κ1) is 11.4. The summed E-state index contributed by atoms with van der Waals surface area (Å²) in [6, 6.07) is 7.06. The standard InChI is InChI=1S/C13H13NO3/c1-8-3-4-11-10(5-8)9(7-13(16)17)6-12(15)14(11)2/h3-6H,7H2,1-2H3,(H,16,17). The van der Waals surface area contributed by atoms with E-state index < -0.39 is 5.97 Å². The van der Waals surface area contributed by atoms with E-state index in [2.05, 4.69) is 0 Å². The second-order valence-corrected chi connectivity index (χ2v) is 4.16. The molecule has 0 radical (unpaired) electrons. The Bertz CT molecular complexity index is 655. The summed E-state index contributed by atoms with van der Waals surface area (Å²) in [6.45, 7) is 1.94. The molecule has 0 unspecified atom stereocenters. The maximum absolute atomic E-state index is 11.7. The summed E-state index contributed by atoms with van der Waals surface area (Å²) in [4.78, 5) is 22.5. The van der Waals surface area contributed by atoms with Gasteiger partial charge in [0.05, 0.1) is 11.9 Å². The minimum absolute atomic E-state index is 0.129. The number of pyridine rings is 1. The molecule has 88 valence electrons. The van der Waals surface area contributed by atoms with Gasteiger partial charge in [-0.05, 0) is 24.6 Å². The average Bonchev–Trinajstić information content (AvgIpc) is 2.25. The number of carboxylic acid groups (broad SMARTS) is 1. The van der Waals surface area contributed by atoms with Gasteiger partial charge >= 0.3 is 5.97 Å². The molecule has 0 amide bonds. The van der Waals surface area contributed by atoms with E-state index in [0.717, 1.165) is 16.5 Å². The third kappa shape index (κ3) is 2.06. The van der Waals surface area contributed by atoms with Gasteiger partial charge in [0.1, 0.15) is 0 Å². The van der Waals surface area contributed by atoms with Crippen molar-refractivity contribution in [1.82, 2.24) is 4.57 Å². The molecule has 2 aromatic rings. The van der Waals surface area contributed by atoms with E-state index in [9.17, 15) is 9.59 Å². The van der Waals surface area contributed by atoms with Crippen molar-refractivity contribution in [3.63, 3.8) is 0 Å². The zero-order valence-corrected chi connectivity index (χ0v) is 9.73. The molecule has 1 heterocycles. The van der Waals surface area contributed by atoms with Crippen LogP contribution in [0, 0.1) is 6.92 Å². The zero-order valence-electron chi connectivity index (χ0n) is 9.73. The largest absolute Gasteiger partial charge is 0.481 e. The van der Waals surface area contributed by atoms with Crippen LogP contribution in [0.25, 0.3) is 10.9 Å². The molecular weight excluding hydrogens is 218 g/mol. The first-order chi connectivity index (χ1) is 7.99. The van der Waals surface area contributed by atoms with Gasteiger partial charge < -0.3 is 9.67 Å². The highest BCUT2D eigenvalue weighted by atomic mass is 16.4. The molecule has 17 heavy (non-hydrogen) atoms. The summed E-state index contributed by atoms with van der Waals surface area (Å²) in [6.07, 6.45) is -0.129. The van der Waals surface area contributed by atoms with Crippen LogP contribution in [0.4, 0.5) is 0 Å². The number of carboxylic acids is 1. The molecule has 0 atom stereocenters. The fourth-order valence-electron chi connectivity index (χ4n) is 1.95. The molecule has 0 fully saturated rings. The molecule has 0 saturated heterocycles. The van der Waals surface area contributed by atoms with Gasteiger partial charge in [0, 0.05) is 18.5 Å². The number of aromatic nitrogens is 1. The van der Waals surface area contributed by atoms with E-state index >= 15 is 0 Å². The Hall–Kier alpha value is -2.10. The highest BCUT2D eigenvalue weighted by Crippen LogP contribution is 2.18. The van der Waals surface area contributed by atoms with E-state index in [-0.39, 0.29) is 12.0 Å². The second kappa shape index (κ2) is 4.05. The minimum Gasteiger partial charge on any atom is -0.481 e. The quantitative estimate of drug-likeness (QED) is 0.851.